The monoisotopic (exact) mass is 362 g/mol. The van der Waals surface area contributed by atoms with Crippen LogP contribution in [-0.2, 0) is 4.79 Å². The highest BCUT2D eigenvalue weighted by Crippen LogP contribution is 2.36. The molecule has 3 heterocycles. The molecule has 5 rings (SSSR count). The van der Waals surface area contributed by atoms with E-state index in [2.05, 4.69) is 26.0 Å². The number of piperidine rings is 1. The molecule has 0 radical (unpaired) electrons. The summed E-state index contributed by atoms with van der Waals surface area (Å²) in [5.74, 6) is -0.0799. The highest BCUT2D eigenvalue weighted by molar-refractivity contribution is 6.06. The smallest absolute Gasteiger partial charge is 0.253 e. The number of likely N-dealkylation sites (tertiary alicyclic amines) is 1. The molecular formula is C19H18N6O2. The van der Waals surface area contributed by atoms with Crippen molar-refractivity contribution in [1.82, 2.24) is 20.3 Å². The highest BCUT2D eigenvalue weighted by atomic mass is 16.2. The number of hydrogen-bond acceptors (Lipinski definition) is 5. The van der Waals surface area contributed by atoms with E-state index in [0.717, 1.165) is 16.9 Å². The number of benzene rings is 2. The molecule has 3 aromatic rings. The number of rotatable bonds is 1. The van der Waals surface area contributed by atoms with Gasteiger partial charge in [-0.2, -0.15) is 15.4 Å². The first-order valence-electron chi connectivity index (χ1n) is 8.93. The maximum absolute atomic E-state index is 12.9. The number of carbonyl (C=O) groups excluding carboxylic acids is 2. The zero-order chi connectivity index (χ0) is 18.4. The van der Waals surface area contributed by atoms with E-state index < -0.39 is 5.54 Å². The Balaban J connectivity index is 1.34. The van der Waals surface area contributed by atoms with Gasteiger partial charge in [-0.15, -0.1) is 0 Å². The Morgan fingerprint density at radius 1 is 1.00 bits per heavy atom. The van der Waals surface area contributed by atoms with Crippen LogP contribution >= 0.6 is 0 Å². The predicted octanol–water partition coefficient (Wildman–Crippen LogP) is 2.00. The topological polar surface area (TPSA) is 103 Å². The number of aromatic nitrogens is 3. The van der Waals surface area contributed by atoms with Crippen LogP contribution in [-0.4, -0.2) is 50.8 Å². The van der Waals surface area contributed by atoms with Crippen LogP contribution in [0.2, 0.25) is 0 Å². The third-order valence-electron chi connectivity index (χ3n) is 5.45. The number of aromatic amines is 1. The minimum atomic E-state index is -0.665. The summed E-state index contributed by atoms with van der Waals surface area (Å²) in [6, 6.07) is 13.0. The Morgan fingerprint density at radius 2 is 1.74 bits per heavy atom. The van der Waals surface area contributed by atoms with Crippen molar-refractivity contribution in [2.24, 2.45) is 0 Å². The molecule has 8 nitrogen and oxygen atoms in total. The van der Waals surface area contributed by atoms with Crippen LogP contribution in [0.5, 0.6) is 0 Å². The number of carbonyl (C=O) groups is 2. The number of hydrogen-bond donors (Lipinski definition) is 3. The lowest BCUT2D eigenvalue weighted by atomic mass is 9.84. The van der Waals surface area contributed by atoms with Crippen molar-refractivity contribution < 1.29 is 9.59 Å². The number of amides is 2. The molecule has 0 bridgehead atoms. The summed E-state index contributed by atoms with van der Waals surface area (Å²) in [5.41, 5.74) is 3.03. The van der Waals surface area contributed by atoms with Crippen LogP contribution in [0.1, 0.15) is 23.2 Å². The van der Waals surface area contributed by atoms with Gasteiger partial charge in [0.1, 0.15) is 16.6 Å². The lowest BCUT2D eigenvalue weighted by molar-refractivity contribution is -0.122. The van der Waals surface area contributed by atoms with Crippen molar-refractivity contribution in [1.29, 1.82) is 0 Å². The molecule has 27 heavy (non-hydrogen) atoms. The second-order valence-electron chi connectivity index (χ2n) is 7.03. The van der Waals surface area contributed by atoms with Gasteiger partial charge >= 0.3 is 0 Å². The lowest BCUT2D eigenvalue weighted by Gasteiger charge is -2.44. The first kappa shape index (κ1) is 15.8. The Bertz CT molecular complexity index is 1050. The van der Waals surface area contributed by atoms with Gasteiger partial charge in [0.15, 0.2) is 0 Å². The second-order valence-corrected chi connectivity index (χ2v) is 7.03. The van der Waals surface area contributed by atoms with Gasteiger partial charge in [0.25, 0.3) is 5.91 Å². The fourth-order valence-electron chi connectivity index (χ4n) is 3.86. The van der Waals surface area contributed by atoms with E-state index in [1.54, 1.807) is 23.1 Å². The number of nitrogens with zero attached hydrogens (tertiary/aromatic N) is 3. The second kappa shape index (κ2) is 5.80. The van der Waals surface area contributed by atoms with E-state index in [1.165, 1.54) is 0 Å². The van der Waals surface area contributed by atoms with E-state index >= 15 is 0 Å². The van der Waals surface area contributed by atoms with E-state index in [9.17, 15) is 9.59 Å². The summed E-state index contributed by atoms with van der Waals surface area (Å²) < 4.78 is 0. The average molecular weight is 362 g/mol. The van der Waals surface area contributed by atoms with E-state index in [0.29, 0.717) is 37.0 Å². The van der Waals surface area contributed by atoms with Gasteiger partial charge in [0.05, 0.1) is 11.4 Å². The Kier molecular flexibility index (Phi) is 3.40. The molecule has 0 aliphatic carbocycles. The fraction of sp³-hybridized carbons (Fsp3) is 0.263. The maximum atomic E-state index is 12.9. The minimum Gasteiger partial charge on any atom is -0.369 e. The molecule has 1 spiro atoms. The molecule has 2 amide bonds. The molecule has 2 aliphatic heterocycles. The molecule has 2 aliphatic rings. The number of H-pyrrole nitrogens is 1. The molecule has 8 heteroatoms. The highest BCUT2D eigenvalue weighted by Gasteiger charge is 2.45. The van der Waals surface area contributed by atoms with Gasteiger partial charge in [-0.05, 0) is 43.2 Å². The third kappa shape index (κ3) is 2.52. The number of fused-ring (bicyclic) bond motifs is 2. The van der Waals surface area contributed by atoms with Gasteiger partial charge in [-0.1, -0.05) is 12.1 Å². The summed E-state index contributed by atoms with van der Waals surface area (Å²) in [6.45, 7) is 1.02. The number of anilines is 2. The molecule has 0 saturated carbocycles. The quantitative estimate of drug-likeness (QED) is 0.614. The van der Waals surface area contributed by atoms with Crippen LogP contribution in [0, 0.1) is 0 Å². The van der Waals surface area contributed by atoms with E-state index in [-0.39, 0.29) is 11.8 Å². The van der Waals surface area contributed by atoms with Crippen molar-refractivity contribution in [3.8, 4) is 0 Å². The van der Waals surface area contributed by atoms with Gasteiger partial charge in [0.2, 0.25) is 5.91 Å². The number of para-hydroxylation sites is 2. The summed E-state index contributed by atoms with van der Waals surface area (Å²) in [5, 5.41) is 17.0. The third-order valence-corrected chi connectivity index (χ3v) is 5.45. The molecule has 1 fully saturated rings. The zero-order valence-electron chi connectivity index (χ0n) is 14.5. The summed E-state index contributed by atoms with van der Waals surface area (Å²) in [6.07, 6.45) is 1.12. The lowest BCUT2D eigenvalue weighted by Crippen LogP contribution is -2.59. The zero-order valence-corrected chi connectivity index (χ0v) is 14.5. The predicted molar refractivity (Wildman–Crippen MR) is 100 cm³/mol. The molecule has 1 saturated heterocycles. The molecule has 2 aromatic carbocycles. The van der Waals surface area contributed by atoms with Crippen molar-refractivity contribution in [3.05, 3.63) is 48.0 Å². The Labute approximate surface area is 154 Å². The van der Waals surface area contributed by atoms with Crippen molar-refractivity contribution >= 4 is 34.2 Å². The van der Waals surface area contributed by atoms with E-state index in [4.69, 9.17) is 0 Å². The van der Waals surface area contributed by atoms with Crippen LogP contribution in [0.15, 0.2) is 42.5 Å². The van der Waals surface area contributed by atoms with Crippen molar-refractivity contribution in [2.75, 3.05) is 23.7 Å². The molecular weight excluding hydrogens is 344 g/mol. The molecule has 3 N–H and O–H groups in total. The van der Waals surface area contributed by atoms with Crippen molar-refractivity contribution in [2.45, 2.75) is 18.4 Å². The first-order valence-corrected chi connectivity index (χ1v) is 8.93. The molecule has 136 valence electrons. The van der Waals surface area contributed by atoms with Gasteiger partial charge in [-0.3, -0.25) is 9.59 Å². The fourth-order valence-corrected chi connectivity index (χ4v) is 3.86. The largest absolute Gasteiger partial charge is 0.369 e. The van der Waals surface area contributed by atoms with Crippen LogP contribution in [0.25, 0.3) is 11.0 Å². The average Bonchev–Trinajstić information content (AvgIpc) is 3.17. The molecule has 1 aromatic heterocycles. The Hall–Kier alpha value is -3.42. The first-order chi connectivity index (χ1) is 13.1. The molecule has 0 atom stereocenters. The summed E-state index contributed by atoms with van der Waals surface area (Å²) in [7, 11) is 0. The standard InChI is InChI=1S/C19H18N6O2/c26-17(12-5-6-15-16(11-12)23-24-22-15)25-9-7-19(8-10-25)18(27)20-13-3-1-2-4-14(13)21-19/h1-6,11,21H,7-10H2,(H,20,27)(H,22,23,24). The van der Waals surface area contributed by atoms with E-state index in [1.807, 2.05) is 24.3 Å². The maximum Gasteiger partial charge on any atom is 0.253 e. The Morgan fingerprint density at radius 3 is 2.56 bits per heavy atom. The summed E-state index contributed by atoms with van der Waals surface area (Å²) in [4.78, 5) is 27.4. The van der Waals surface area contributed by atoms with Crippen LogP contribution < -0.4 is 10.6 Å². The number of nitrogens with one attached hydrogen (secondary N) is 3. The van der Waals surface area contributed by atoms with Crippen LogP contribution in [0.3, 0.4) is 0 Å². The molecule has 0 unspecified atom stereocenters. The van der Waals surface area contributed by atoms with Crippen molar-refractivity contribution in [3.63, 3.8) is 0 Å². The van der Waals surface area contributed by atoms with Crippen LogP contribution in [0.4, 0.5) is 11.4 Å². The van der Waals surface area contributed by atoms with Gasteiger partial charge in [0, 0.05) is 18.7 Å². The van der Waals surface area contributed by atoms with Gasteiger partial charge in [-0.25, -0.2) is 0 Å². The minimum absolute atomic E-state index is 0.0303. The summed E-state index contributed by atoms with van der Waals surface area (Å²) >= 11 is 0. The SMILES string of the molecule is O=C(c1ccc2n[nH]nc2c1)N1CCC2(CC1)Nc1ccccc1NC2=O. The normalized spacial score (nSPS) is 18.1. The van der Waals surface area contributed by atoms with Gasteiger partial charge < -0.3 is 15.5 Å².